The maximum atomic E-state index is 11.3. The first-order chi connectivity index (χ1) is 8.15. The average Bonchev–Trinajstić information content (AvgIpc) is 2.51. The first kappa shape index (κ1) is 14.5. The Morgan fingerprint density at radius 2 is 2.06 bits per heavy atom. The van der Waals surface area contributed by atoms with Crippen molar-refractivity contribution >= 4 is 5.97 Å². The summed E-state index contributed by atoms with van der Waals surface area (Å²) >= 11 is 0. The van der Waals surface area contributed by atoms with Crippen LogP contribution in [0.5, 0.6) is 0 Å². The first-order valence-electron chi connectivity index (χ1n) is 6.69. The Kier molecular flexibility index (Phi) is 6.52. The molecular formula is C13H25NO3. The molecule has 0 bridgehead atoms. The zero-order chi connectivity index (χ0) is 12.7. The molecule has 1 fully saturated rings. The molecule has 0 aromatic heterocycles. The highest BCUT2D eigenvalue weighted by atomic mass is 16.5. The van der Waals surface area contributed by atoms with Crippen LogP contribution in [0.4, 0.5) is 0 Å². The molecule has 2 atom stereocenters. The normalized spacial score (nSPS) is 25.6. The number of esters is 1. The van der Waals surface area contributed by atoms with Gasteiger partial charge < -0.3 is 14.7 Å². The van der Waals surface area contributed by atoms with Crippen molar-refractivity contribution in [3.63, 3.8) is 0 Å². The molecule has 0 radical (unpaired) electrons. The summed E-state index contributed by atoms with van der Waals surface area (Å²) in [5, 5.41) is 10.0. The summed E-state index contributed by atoms with van der Waals surface area (Å²) in [6.07, 6.45) is 5.57. The van der Waals surface area contributed by atoms with Gasteiger partial charge in [0.25, 0.3) is 0 Å². The molecule has 1 aliphatic carbocycles. The lowest BCUT2D eigenvalue weighted by atomic mass is 10.0. The minimum absolute atomic E-state index is 0.150. The fraction of sp³-hybridized carbons (Fsp3) is 0.923. The Balaban J connectivity index is 2.34. The highest BCUT2D eigenvalue weighted by Gasteiger charge is 2.25. The molecule has 1 rings (SSSR count). The highest BCUT2D eigenvalue weighted by molar-refractivity contribution is 5.69. The number of carbonyl (C=O) groups is 1. The van der Waals surface area contributed by atoms with Crippen molar-refractivity contribution in [3.8, 4) is 0 Å². The summed E-state index contributed by atoms with van der Waals surface area (Å²) in [4.78, 5) is 13.4. The molecule has 0 heterocycles. The molecule has 0 aromatic carbocycles. The van der Waals surface area contributed by atoms with Gasteiger partial charge in [-0.15, -0.1) is 0 Å². The molecule has 0 saturated heterocycles. The van der Waals surface area contributed by atoms with Gasteiger partial charge in [0.1, 0.15) is 0 Å². The molecule has 0 aliphatic heterocycles. The van der Waals surface area contributed by atoms with Gasteiger partial charge in [-0.1, -0.05) is 19.3 Å². The van der Waals surface area contributed by atoms with Crippen molar-refractivity contribution in [2.75, 3.05) is 20.2 Å². The van der Waals surface area contributed by atoms with Gasteiger partial charge in [0.2, 0.25) is 0 Å². The summed E-state index contributed by atoms with van der Waals surface area (Å²) in [6, 6.07) is 0.201. The standard InChI is InChI=1S/C13H25NO3/c1-3-17-13(16)9-10-14(2)11-7-5-4-6-8-12(11)15/h11-12,15H,3-10H2,1-2H3. The Bertz CT molecular complexity index is 233. The molecule has 1 saturated carbocycles. The van der Waals surface area contributed by atoms with Crippen molar-refractivity contribution in [2.45, 2.75) is 57.6 Å². The van der Waals surface area contributed by atoms with E-state index >= 15 is 0 Å². The molecule has 1 N–H and O–H groups in total. The van der Waals surface area contributed by atoms with E-state index in [9.17, 15) is 9.90 Å². The van der Waals surface area contributed by atoms with E-state index in [2.05, 4.69) is 4.90 Å². The maximum Gasteiger partial charge on any atom is 0.307 e. The Hall–Kier alpha value is -0.610. The molecule has 1 aliphatic rings. The Morgan fingerprint density at radius 1 is 1.35 bits per heavy atom. The van der Waals surface area contributed by atoms with Gasteiger partial charge in [-0.3, -0.25) is 4.79 Å². The van der Waals surface area contributed by atoms with Gasteiger partial charge in [-0.25, -0.2) is 0 Å². The van der Waals surface area contributed by atoms with Gasteiger partial charge in [-0.05, 0) is 26.8 Å². The zero-order valence-electron chi connectivity index (χ0n) is 11.0. The quantitative estimate of drug-likeness (QED) is 0.588. The summed E-state index contributed by atoms with van der Waals surface area (Å²) in [6.45, 7) is 2.92. The topological polar surface area (TPSA) is 49.8 Å². The van der Waals surface area contributed by atoms with Crippen LogP contribution in [0.15, 0.2) is 0 Å². The minimum Gasteiger partial charge on any atom is -0.466 e. The predicted octanol–water partition coefficient (Wildman–Crippen LogP) is 1.56. The van der Waals surface area contributed by atoms with E-state index in [-0.39, 0.29) is 18.1 Å². The summed E-state index contributed by atoms with van der Waals surface area (Å²) in [5.74, 6) is -0.150. The Labute approximate surface area is 104 Å². The molecular weight excluding hydrogens is 218 g/mol. The Morgan fingerprint density at radius 3 is 2.76 bits per heavy atom. The molecule has 0 spiro atoms. The molecule has 0 amide bonds. The molecule has 4 heteroatoms. The second kappa shape index (κ2) is 7.67. The average molecular weight is 243 g/mol. The van der Waals surface area contributed by atoms with Gasteiger partial charge in [0, 0.05) is 12.6 Å². The second-order valence-electron chi connectivity index (χ2n) is 4.81. The van der Waals surface area contributed by atoms with Crippen molar-refractivity contribution < 1.29 is 14.6 Å². The highest BCUT2D eigenvalue weighted by Crippen LogP contribution is 2.21. The van der Waals surface area contributed by atoms with Gasteiger partial charge in [-0.2, -0.15) is 0 Å². The second-order valence-corrected chi connectivity index (χ2v) is 4.81. The number of aliphatic hydroxyl groups excluding tert-OH is 1. The smallest absolute Gasteiger partial charge is 0.307 e. The van der Waals surface area contributed by atoms with E-state index in [1.807, 2.05) is 14.0 Å². The van der Waals surface area contributed by atoms with Crippen molar-refractivity contribution in [1.82, 2.24) is 4.90 Å². The van der Waals surface area contributed by atoms with Gasteiger partial charge in [0.05, 0.1) is 19.1 Å². The number of hydrogen-bond acceptors (Lipinski definition) is 4. The van der Waals surface area contributed by atoms with Crippen molar-refractivity contribution in [3.05, 3.63) is 0 Å². The van der Waals surface area contributed by atoms with Crippen LogP contribution in [0.1, 0.15) is 45.4 Å². The zero-order valence-corrected chi connectivity index (χ0v) is 11.0. The van der Waals surface area contributed by atoms with E-state index in [0.717, 1.165) is 19.3 Å². The summed E-state index contributed by atoms with van der Waals surface area (Å²) in [7, 11) is 1.98. The van der Waals surface area contributed by atoms with E-state index in [0.29, 0.717) is 19.6 Å². The number of hydrogen-bond donors (Lipinski definition) is 1. The summed E-state index contributed by atoms with van der Waals surface area (Å²) < 4.78 is 4.90. The van der Waals surface area contributed by atoms with Crippen LogP contribution < -0.4 is 0 Å². The van der Waals surface area contributed by atoms with Gasteiger partial charge in [0.15, 0.2) is 0 Å². The third-order valence-corrected chi connectivity index (χ3v) is 3.48. The van der Waals surface area contributed by atoms with Crippen LogP contribution in [0.2, 0.25) is 0 Å². The molecule has 0 aromatic rings. The third-order valence-electron chi connectivity index (χ3n) is 3.48. The van der Waals surface area contributed by atoms with E-state index in [4.69, 9.17) is 4.74 Å². The lowest BCUT2D eigenvalue weighted by Crippen LogP contribution is -2.41. The van der Waals surface area contributed by atoms with Gasteiger partial charge >= 0.3 is 5.97 Å². The number of ether oxygens (including phenoxy) is 1. The fourth-order valence-corrected chi connectivity index (χ4v) is 2.45. The van der Waals surface area contributed by atoms with Crippen molar-refractivity contribution in [1.29, 1.82) is 0 Å². The van der Waals surface area contributed by atoms with Crippen LogP contribution in [0.3, 0.4) is 0 Å². The van der Waals surface area contributed by atoms with Crippen LogP contribution in [-0.2, 0) is 9.53 Å². The predicted molar refractivity (Wildman–Crippen MR) is 66.8 cm³/mol. The molecule has 17 heavy (non-hydrogen) atoms. The van der Waals surface area contributed by atoms with E-state index < -0.39 is 0 Å². The number of likely N-dealkylation sites (N-methyl/N-ethyl adjacent to an activating group) is 1. The summed E-state index contributed by atoms with van der Waals surface area (Å²) in [5.41, 5.74) is 0. The maximum absolute atomic E-state index is 11.3. The first-order valence-corrected chi connectivity index (χ1v) is 6.69. The monoisotopic (exact) mass is 243 g/mol. The third kappa shape index (κ3) is 5.04. The minimum atomic E-state index is -0.246. The molecule has 4 nitrogen and oxygen atoms in total. The number of aliphatic hydroxyl groups is 1. The van der Waals surface area contributed by atoms with Crippen LogP contribution >= 0.6 is 0 Å². The van der Waals surface area contributed by atoms with E-state index in [1.54, 1.807) is 0 Å². The SMILES string of the molecule is CCOC(=O)CCN(C)C1CCCCCC1O. The largest absolute Gasteiger partial charge is 0.466 e. The van der Waals surface area contributed by atoms with Crippen molar-refractivity contribution in [2.24, 2.45) is 0 Å². The fourth-order valence-electron chi connectivity index (χ4n) is 2.45. The van der Waals surface area contributed by atoms with Crippen LogP contribution in [-0.4, -0.2) is 48.3 Å². The lowest BCUT2D eigenvalue weighted by molar-refractivity contribution is -0.143. The van der Waals surface area contributed by atoms with E-state index in [1.165, 1.54) is 12.8 Å². The number of nitrogens with zero attached hydrogens (tertiary/aromatic N) is 1. The molecule has 100 valence electrons. The van der Waals surface area contributed by atoms with Crippen LogP contribution in [0, 0.1) is 0 Å². The van der Waals surface area contributed by atoms with Crippen LogP contribution in [0.25, 0.3) is 0 Å². The molecule has 2 unspecified atom stereocenters. The lowest BCUT2D eigenvalue weighted by Gasteiger charge is -2.30. The number of carbonyl (C=O) groups excluding carboxylic acids is 1. The number of rotatable bonds is 5.